The lowest BCUT2D eigenvalue weighted by molar-refractivity contribution is -0.126. The zero-order valence-electron chi connectivity index (χ0n) is 13.9. The lowest BCUT2D eigenvalue weighted by Crippen LogP contribution is -2.26. The van der Waals surface area contributed by atoms with Gasteiger partial charge in [-0.3, -0.25) is 9.59 Å². The molecule has 1 N–H and O–H groups in total. The molecule has 1 amide bonds. The van der Waals surface area contributed by atoms with Gasteiger partial charge in [-0.05, 0) is 44.0 Å². The molecule has 0 fully saturated rings. The number of carbonyl (C=O) groups is 2. The molecule has 0 spiro atoms. The number of nitrogens with zero attached hydrogens (tertiary/aromatic N) is 1. The molecule has 0 bridgehead atoms. The minimum absolute atomic E-state index is 0.0572. The number of hydrogen-bond acceptors (Lipinski definition) is 4. The third-order valence-electron chi connectivity index (χ3n) is 3.51. The van der Waals surface area contributed by atoms with E-state index in [-0.39, 0.29) is 11.7 Å². The lowest BCUT2D eigenvalue weighted by atomic mass is 10.1. The van der Waals surface area contributed by atoms with Gasteiger partial charge >= 0.3 is 0 Å². The van der Waals surface area contributed by atoms with E-state index in [0.717, 1.165) is 11.1 Å². The predicted octanol–water partition coefficient (Wildman–Crippen LogP) is 3.58. The zero-order chi connectivity index (χ0) is 17.5. The molecule has 2 rings (SSSR count). The quantitative estimate of drug-likeness (QED) is 0.502. The van der Waals surface area contributed by atoms with E-state index in [9.17, 15) is 9.59 Å². The Morgan fingerprint density at radius 2 is 1.92 bits per heavy atom. The smallest absolute Gasteiger partial charge is 0.267 e. The van der Waals surface area contributed by atoms with Gasteiger partial charge in [0.05, 0.1) is 6.21 Å². The van der Waals surface area contributed by atoms with Gasteiger partial charge in [-0.1, -0.05) is 41.6 Å². The first-order valence-electron chi connectivity index (χ1n) is 7.64. The predicted molar refractivity (Wildman–Crippen MR) is 94.4 cm³/mol. The van der Waals surface area contributed by atoms with E-state index in [4.69, 9.17) is 4.84 Å². The molecule has 5 nitrogen and oxygen atoms in total. The van der Waals surface area contributed by atoms with Gasteiger partial charge in [-0.25, -0.2) is 0 Å². The summed E-state index contributed by atoms with van der Waals surface area (Å²) in [5, 5.41) is 6.58. The summed E-state index contributed by atoms with van der Waals surface area (Å²) in [6, 6.07) is 14.5. The number of hydrogen-bond donors (Lipinski definition) is 1. The highest BCUT2D eigenvalue weighted by molar-refractivity contribution is 5.98. The largest absolute Gasteiger partial charge is 0.383 e. The topological polar surface area (TPSA) is 67.8 Å². The number of Topliss-reactive ketones (excluding diaryl/α,β-unsaturated/α-hetero) is 1. The Labute approximate surface area is 141 Å². The summed E-state index contributed by atoms with van der Waals surface area (Å²) in [6.45, 7) is 5.06. The third kappa shape index (κ3) is 4.78. The van der Waals surface area contributed by atoms with Gasteiger partial charge in [0.1, 0.15) is 0 Å². The molecule has 0 saturated heterocycles. The van der Waals surface area contributed by atoms with Crippen LogP contribution >= 0.6 is 0 Å². The van der Waals surface area contributed by atoms with Crippen LogP contribution in [0.25, 0.3) is 0 Å². The van der Waals surface area contributed by atoms with Gasteiger partial charge in [0.25, 0.3) is 5.91 Å². The Hall–Kier alpha value is -2.95. The molecule has 0 aromatic heterocycles. The maximum absolute atomic E-state index is 12.1. The van der Waals surface area contributed by atoms with Gasteiger partial charge in [0.2, 0.25) is 6.10 Å². The van der Waals surface area contributed by atoms with Crippen molar-refractivity contribution in [2.45, 2.75) is 26.9 Å². The first-order chi connectivity index (χ1) is 11.5. The van der Waals surface area contributed by atoms with E-state index in [1.54, 1.807) is 37.4 Å². The van der Waals surface area contributed by atoms with Gasteiger partial charge in [0.15, 0.2) is 5.78 Å². The van der Waals surface area contributed by atoms with Crippen LogP contribution in [-0.4, -0.2) is 24.0 Å². The molecule has 0 heterocycles. The van der Waals surface area contributed by atoms with Crippen LogP contribution in [0.3, 0.4) is 0 Å². The molecule has 0 saturated carbocycles. The molecule has 0 radical (unpaired) electrons. The highest BCUT2D eigenvalue weighted by Crippen LogP contribution is 2.12. The molecule has 0 aliphatic heterocycles. The van der Waals surface area contributed by atoms with Crippen LogP contribution in [0.1, 0.15) is 35.3 Å². The summed E-state index contributed by atoms with van der Waals surface area (Å²) < 4.78 is 0. The van der Waals surface area contributed by atoms with Crippen LogP contribution in [0.2, 0.25) is 0 Å². The van der Waals surface area contributed by atoms with Crippen molar-refractivity contribution in [3.63, 3.8) is 0 Å². The summed E-state index contributed by atoms with van der Waals surface area (Å²) in [6.07, 6.45) is 0.821. The molecule has 0 aliphatic carbocycles. The fourth-order valence-electron chi connectivity index (χ4n) is 2.02. The number of nitrogens with one attached hydrogen (secondary N) is 1. The summed E-state index contributed by atoms with van der Waals surface area (Å²) >= 11 is 0. The van der Waals surface area contributed by atoms with Crippen molar-refractivity contribution in [2.24, 2.45) is 5.16 Å². The number of oxime groups is 1. The van der Waals surface area contributed by atoms with Crippen LogP contribution in [0.5, 0.6) is 0 Å². The van der Waals surface area contributed by atoms with Crippen LogP contribution < -0.4 is 5.32 Å². The molecule has 0 aliphatic rings. The Bertz CT molecular complexity index is 769. The number of benzene rings is 2. The number of ketones is 1. The van der Waals surface area contributed by atoms with E-state index in [0.29, 0.717) is 11.3 Å². The number of carbonyl (C=O) groups excluding carboxylic acids is 2. The molecule has 124 valence electrons. The highest BCUT2D eigenvalue weighted by Gasteiger charge is 2.14. The molecular weight excluding hydrogens is 304 g/mol. The summed E-state index contributed by atoms with van der Waals surface area (Å²) in [7, 11) is 0. The van der Waals surface area contributed by atoms with E-state index < -0.39 is 6.10 Å². The van der Waals surface area contributed by atoms with Gasteiger partial charge in [0, 0.05) is 11.3 Å². The number of amides is 1. The minimum Gasteiger partial charge on any atom is -0.383 e. The van der Waals surface area contributed by atoms with Crippen molar-refractivity contribution in [3.8, 4) is 0 Å². The van der Waals surface area contributed by atoms with Crippen molar-refractivity contribution < 1.29 is 14.4 Å². The van der Waals surface area contributed by atoms with Crippen molar-refractivity contribution in [2.75, 3.05) is 5.32 Å². The fourth-order valence-corrected chi connectivity index (χ4v) is 2.02. The number of aryl methyl sites for hydroxylation is 1. The minimum atomic E-state index is -0.758. The Balaban J connectivity index is 1.94. The van der Waals surface area contributed by atoms with Crippen molar-refractivity contribution in [1.82, 2.24) is 0 Å². The van der Waals surface area contributed by atoms with Crippen molar-refractivity contribution >= 4 is 23.6 Å². The van der Waals surface area contributed by atoms with Crippen LogP contribution in [0, 0.1) is 6.92 Å². The summed E-state index contributed by atoms with van der Waals surface area (Å²) in [5.74, 6) is -0.393. The third-order valence-corrected chi connectivity index (χ3v) is 3.51. The number of rotatable bonds is 6. The molecule has 24 heavy (non-hydrogen) atoms. The van der Waals surface area contributed by atoms with Gasteiger partial charge in [-0.2, -0.15) is 0 Å². The SMILES string of the molecule is CC(=O)c1cccc(NC(=O)C(C)O/N=C/c2ccccc2C)c1. The average Bonchev–Trinajstić information content (AvgIpc) is 2.56. The fraction of sp³-hybridized carbons (Fsp3) is 0.211. The lowest BCUT2D eigenvalue weighted by Gasteiger charge is -2.11. The molecule has 1 atom stereocenters. The van der Waals surface area contributed by atoms with E-state index in [2.05, 4.69) is 10.5 Å². The summed E-state index contributed by atoms with van der Waals surface area (Å²) in [5.41, 5.74) is 3.09. The standard InChI is InChI=1S/C19H20N2O3/c1-13-7-4-5-8-17(13)12-20-24-15(3)19(23)21-18-10-6-9-16(11-18)14(2)22/h4-12,15H,1-3H3,(H,21,23)/b20-12+. The van der Waals surface area contributed by atoms with E-state index in [1.165, 1.54) is 6.92 Å². The Morgan fingerprint density at radius 3 is 2.62 bits per heavy atom. The maximum Gasteiger partial charge on any atom is 0.267 e. The molecule has 2 aromatic rings. The molecular formula is C19H20N2O3. The monoisotopic (exact) mass is 324 g/mol. The Kier molecular flexibility index (Phi) is 5.84. The van der Waals surface area contributed by atoms with Crippen molar-refractivity contribution in [1.29, 1.82) is 0 Å². The van der Waals surface area contributed by atoms with Gasteiger partial charge < -0.3 is 10.2 Å². The van der Waals surface area contributed by atoms with Gasteiger partial charge in [-0.15, -0.1) is 0 Å². The Morgan fingerprint density at radius 1 is 1.17 bits per heavy atom. The van der Waals surface area contributed by atoms with Crippen molar-refractivity contribution in [3.05, 3.63) is 65.2 Å². The molecule has 1 unspecified atom stereocenters. The second kappa shape index (κ2) is 8.06. The maximum atomic E-state index is 12.1. The second-order valence-electron chi connectivity index (χ2n) is 5.46. The van der Waals surface area contributed by atoms with Crippen LogP contribution in [0.15, 0.2) is 53.7 Å². The van der Waals surface area contributed by atoms with E-state index in [1.807, 2.05) is 31.2 Å². The molecule has 2 aromatic carbocycles. The summed E-state index contributed by atoms with van der Waals surface area (Å²) in [4.78, 5) is 28.7. The highest BCUT2D eigenvalue weighted by atomic mass is 16.6. The van der Waals surface area contributed by atoms with Crippen LogP contribution in [-0.2, 0) is 9.63 Å². The zero-order valence-corrected chi connectivity index (χ0v) is 13.9. The first kappa shape index (κ1) is 17.4. The molecule has 5 heteroatoms. The average molecular weight is 324 g/mol. The van der Waals surface area contributed by atoms with Crippen LogP contribution in [0.4, 0.5) is 5.69 Å². The van der Waals surface area contributed by atoms with E-state index >= 15 is 0 Å². The number of anilines is 1. The first-order valence-corrected chi connectivity index (χ1v) is 7.64. The second-order valence-corrected chi connectivity index (χ2v) is 5.46. The normalized spacial score (nSPS) is 12.0.